The zero-order valence-electron chi connectivity index (χ0n) is 15.4. The van der Waals surface area contributed by atoms with Crippen molar-refractivity contribution in [1.29, 1.82) is 0 Å². The van der Waals surface area contributed by atoms with Crippen LogP contribution in [-0.2, 0) is 0 Å². The fraction of sp³-hybridized carbons (Fsp3) is 0.0476. The number of pyridine rings is 1. The molecule has 0 bridgehead atoms. The first-order chi connectivity index (χ1) is 14.4. The Balaban J connectivity index is 1.72. The highest BCUT2D eigenvalue weighted by Crippen LogP contribution is 2.35. The topological polar surface area (TPSA) is 68.1 Å². The Morgan fingerprint density at radius 3 is 2.43 bits per heavy atom. The summed E-state index contributed by atoms with van der Waals surface area (Å²) in [4.78, 5) is 31.5. The molecule has 0 saturated carbocycles. The van der Waals surface area contributed by atoms with Gasteiger partial charge in [-0.15, -0.1) is 0 Å². The lowest BCUT2D eigenvalue weighted by atomic mass is 10.1. The van der Waals surface area contributed by atoms with Crippen LogP contribution in [0.1, 0.15) is 26.4 Å². The van der Waals surface area contributed by atoms with Crippen LogP contribution in [0, 0.1) is 18.6 Å². The highest BCUT2D eigenvalue weighted by molar-refractivity contribution is 9.10. The van der Waals surface area contributed by atoms with E-state index in [0.717, 1.165) is 21.5 Å². The number of anilines is 1. The van der Waals surface area contributed by atoms with Gasteiger partial charge in [-0.2, -0.15) is 5.10 Å². The molecule has 0 atom stereocenters. The van der Waals surface area contributed by atoms with Gasteiger partial charge in [0.15, 0.2) is 11.5 Å². The molecule has 0 fully saturated rings. The van der Waals surface area contributed by atoms with Crippen molar-refractivity contribution in [3.63, 3.8) is 0 Å². The molecule has 6 nitrogen and oxygen atoms in total. The summed E-state index contributed by atoms with van der Waals surface area (Å²) < 4.78 is 29.7. The number of carbonyl (C=O) groups is 2. The maximum atomic E-state index is 14.3. The van der Waals surface area contributed by atoms with Crippen LogP contribution >= 0.6 is 15.9 Å². The molecule has 148 valence electrons. The van der Waals surface area contributed by atoms with E-state index >= 15 is 0 Å². The highest BCUT2D eigenvalue weighted by atomic mass is 79.9. The molecule has 1 aliphatic heterocycles. The number of imide groups is 1. The molecule has 0 unspecified atom stereocenters. The van der Waals surface area contributed by atoms with Crippen molar-refractivity contribution >= 4 is 44.5 Å². The van der Waals surface area contributed by atoms with Crippen molar-refractivity contribution in [2.75, 3.05) is 4.90 Å². The van der Waals surface area contributed by atoms with Gasteiger partial charge < -0.3 is 0 Å². The van der Waals surface area contributed by atoms with Gasteiger partial charge in [0.2, 0.25) is 0 Å². The molecule has 0 aliphatic carbocycles. The zero-order valence-corrected chi connectivity index (χ0v) is 16.9. The molecule has 0 spiro atoms. The largest absolute Gasteiger partial charge is 0.268 e. The predicted molar refractivity (Wildman–Crippen MR) is 109 cm³/mol. The second kappa shape index (κ2) is 6.53. The molecule has 9 heteroatoms. The van der Waals surface area contributed by atoms with Crippen molar-refractivity contribution in [1.82, 2.24) is 14.8 Å². The van der Waals surface area contributed by atoms with Crippen molar-refractivity contribution in [2.24, 2.45) is 0 Å². The van der Waals surface area contributed by atoms with E-state index in [9.17, 15) is 18.4 Å². The number of fused-ring (bicyclic) bond motifs is 3. The standard InChI is InChI=1S/C21H11BrF2N4O2/c1-10-17-18-14(20(29)27(21(18)30)13-5-2-11(22)3-6-13)9-25-19(17)28(26-10)16-7-4-12(23)8-15(16)24/h2-9H,1H3. The molecule has 0 N–H and O–H groups in total. The average Bonchev–Trinajstić information content (AvgIpc) is 3.17. The number of rotatable bonds is 2. The van der Waals surface area contributed by atoms with Crippen LogP contribution in [0.4, 0.5) is 14.5 Å². The SMILES string of the molecule is Cc1nn(-c2ccc(F)cc2F)c2ncc3c(c12)C(=O)N(c1ccc(Br)cc1)C3=O. The van der Waals surface area contributed by atoms with Crippen molar-refractivity contribution in [3.8, 4) is 5.69 Å². The smallest absolute Gasteiger partial charge is 0.267 e. The molecule has 3 heterocycles. The third kappa shape index (κ3) is 2.58. The number of carbonyl (C=O) groups excluding carboxylic acids is 2. The highest BCUT2D eigenvalue weighted by Gasteiger charge is 2.40. The summed E-state index contributed by atoms with van der Waals surface area (Å²) in [5, 5.41) is 4.66. The first-order valence-corrected chi connectivity index (χ1v) is 9.64. The van der Waals surface area contributed by atoms with E-state index in [2.05, 4.69) is 26.0 Å². The Bertz CT molecular complexity index is 1380. The summed E-state index contributed by atoms with van der Waals surface area (Å²) in [5.74, 6) is -2.54. The Morgan fingerprint density at radius 1 is 1.00 bits per heavy atom. The minimum Gasteiger partial charge on any atom is -0.268 e. The number of hydrogen-bond donors (Lipinski definition) is 0. The number of hydrogen-bond acceptors (Lipinski definition) is 4. The molecule has 1 aliphatic rings. The van der Waals surface area contributed by atoms with E-state index in [-0.39, 0.29) is 22.5 Å². The van der Waals surface area contributed by atoms with E-state index in [1.807, 2.05) is 0 Å². The molecule has 0 radical (unpaired) electrons. The molecule has 0 saturated heterocycles. The van der Waals surface area contributed by atoms with Gasteiger partial charge in [-0.25, -0.2) is 23.3 Å². The van der Waals surface area contributed by atoms with E-state index < -0.39 is 23.4 Å². The summed E-state index contributed by atoms with van der Waals surface area (Å²) in [6.07, 6.45) is 1.29. The van der Waals surface area contributed by atoms with Crippen molar-refractivity contribution in [3.05, 3.63) is 81.6 Å². The first kappa shape index (κ1) is 18.6. The van der Waals surface area contributed by atoms with Gasteiger partial charge in [-0.3, -0.25) is 9.59 Å². The minimum atomic E-state index is -0.819. The van der Waals surface area contributed by atoms with E-state index in [0.29, 0.717) is 16.8 Å². The van der Waals surface area contributed by atoms with Gasteiger partial charge in [0.25, 0.3) is 11.8 Å². The molecule has 5 rings (SSSR count). The summed E-state index contributed by atoms with van der Waals surface area (Å²) in [7, 11) is 0. The fourth-order valence-electron chi connectivity index (χ4n) is 3.61. The molecule has 2 aromatic carbocycles. The van der Waals surface area contributed by atoms with Crippen LogP contribution in [0.5, 0.6) is 0 Å². The quantitative estimate of drug-likeness (QED) is 0.404. The third-order valence-electron chi connectivity index (χ3n) is 4.94. The lowest BCUT2D eigenvalue weighted by Gasteiger charge is -2.13. The lowest BCUT2D eigenvalue weighted by molar-refractivity contribution is 0.0926. The van der Waals surface area contributed by atoms with Crippen LogP contribution < -0.4 is 4.90 Å². The van der Waals surface area contributed by atoms with Crippen LogP contribution in [-0.4, -0.2) is 26.6 Å². The average molecular weight is 469 g/mol. The second-order valence-corrected chi connectivity index (χ2v) is 7.68. The fourth-order valence-corrected chi connectivity index (χ4v) is 3.87. The van der Waals surface area contributed by atoms with Crippen molar-refractivity contribution in [2.45, 2.75) is 6.92 Å². The molecule has 30 heavy (non-hydrogen) atoms. The van der Waals surface area contributed by atoms with E-state index in [1.165, 1.54) is 16.9 Å². The lowest BCUT2D eigenvalue weighted by Crippen LogP contribution is -2.29. The number of aromatic nitrogens is 3. The Hall–Kier alpha value is -3.46. The van der Waals surface area contributed by atoms with Gasteiger partial charge in [-0.1, -0.05) is 15.9 Å². The van der Waals surface area contributed by atoms with Gasteiger partial charge in [-0.05, 0) is 43.3 Å². The molecule has 2 amide bonds. The van der Waals surface area contributed by atoms with Crippen molar-refractivity contribution < 1.29 is 18.4 Å². The summed E-state index contributed by atoms with van der Waals surface area (Å²) in [5.41, 5.74) is 1.33. The third-order valence-corrected chi connectivity index (χ3v) is 5.47. The second-order valence-electron chi connectivity index (χ2n) is 6.76. The zero-order chi connectivity index (χ0) is 21.2. The Labute approximate surface area is 176 Å². The number of nitrogens with zero attached hydrogens (tertiary/aromatic N) is 4. The summed E-state index contributed by atoms with van der Waals surface area (Å²) in [6, 6.07) is 9.86. The van der Waals surface area contributed by atoms with E-state index in [1.54, 1.807) is 31.2 Å². The van der Waals surface area contributed by atoms with Crippen LogP contribution in [0.25, 0.3) is 16.7 Å². The number of benzene rings is 2. The molecule has 4 aromatic rings. The van der Waals surface area contributed by atoms with Crippen LogP contribution in [0.3, 0.4) is 0 Å². The molecule has 2 aromatic heterocycles. The first-order valence-electron chi connectivity index (χ1n) is 8.85. The van der Waals surface area contributed by atoms with Gasteiger partial charge in [0.05, 0.1) is 27.9 Å². The summed E-state index contributed by atoms with van der Waals surface area (Å²) >= 11 is 3.33. The number of amides is 2. The monoisotopic (exact) mass is 468 g/mol. The molecular formula is C21H11BrF2N4O2. The van der Waals surface area contributed by atoms with Gasteiger partial charge in [0, 0.05) is 16.7 Å². The van der Waals surface area contributed by atoms with Gasteiger partial charge in [0.1, 0.15) is 11.5 Å². The Morgan fingerprint density at radius 2 is 1.73 bits per heavy atom. The Kier molecular flexibility index (Phi) is 4.04. The summed E-state index contributed by atoms with van der Waals surface area (Å²) in [6.45, 7) is 1.64. The number of halogens is 3. The maximum Gasteiger partial charge on any atom is 0.267 e. The predicted octanol–water partition coefficient (Wildman–Crippen LogP) is 4.57. The number of aryl methyl sites for hydroxylation is 1. The maximum absolute atomic E-state index is 14.3. The minimum absolute atomic E-state index is 0.0107. The van der Waals surface area contributed by atoms with E-state index in [4.69, 9.17) is 0 Å². The normalized spacial score (nSPS) is 13.4. The molecular weight excluding hydrogens is 458 g/mol. The van der Waals surface area contributed by atoms with Crippen LogP contribution in [0.15, 0.2) is 53.1 Å². The van der Waals surface area contributed by atoms with Crippen LogP contribution in [0.2, 0.25) is 0 Å². The van der Waals surface area contributed by atoms with Gasteiger partial charge >= 0.3 is 0 Å².